The molecule has 0 fully saturated rings. The van der Waals surface area contributed by atoms with Crippen molar-refractivity contribution in [3.63, 3.8) is 0 Å². The third kappa shape index (κ3) is 4.78. The highest BCUT2D eigenvalue weighted by molar-refractivity contribution is 7.89. The van der Waals surface area contributed by atoms with Gasteiger partial charge in [0.15, 0.2) is 0 Å². The average Bonchev–Trinajstić information content (AvgIpc) is 2.68. The summed E-state index contributed by atoms with van der Waals surface area (Å²) in [5.74, 6) is 1.79. The van der Waals surface area contributed by atoms with Crippen LogP contribution in [0.4, 0.5) is 4.39 Å². The molecule has 8 nitrogen and oxygen atoms in total. The minimum Gasteiger partial charge on any atom is -0.366 e. The Labute approximate surface area is 178 Å². The lowest BCUT2D eigenvalue weighted by Crippen LogP contribution is -2.51. The molecule has 0 aliphatic rings. The van der Waals surface area contributed by atoms with Crippen molar-refractivity contribution in [2.45, 2.75) is 37.6 Å². The van der Waals surface area contributed by atoms with E-state index in [-0.39, 0.29) is 16.1 Å². The Morgan fingerprint density at radius 1 is 1.17 bits per heavy atom. The third-order valence-electron chi connectivity index (χ3n) is 4.89. The van der Waals surface area contributed by atoms with Crippen LogP contribution < -0.4 is 21.7 Å². The van der Waals surface area contributed by atoms with Crippen molar-refractivity contribution >= 4 is 33.4 Å². The standard InChI is InChI=1S/C19H22ClFN4O4S/c1-9-4-6-14(21)16(10(9)2)11(3)17(19(27)24-23)25-30(28,29)15-7-5-12(20)8-13(15)18(22)26/h4-8,11,17,25H,23H2,1-3H3,(H2,22,26)(H,24,27). The van der Waals surface area contributed by atoms with E-state index in [0.717, 1.165) is 17.7 Å². The van der Waals surface area contributed by atoms with Crippen molar-refractivity contribution in [1.82, 2.24) is 10.1 Å². The van der Waals surface area contributed by atoms with Crippen molar-refractivity contribution in [3.05, 3.63) is 63.4 Å². The van der Waals surface area contributed by atoms with E-state index in [4.69, 9.17) is 23.2 Å². The number of benzene rings is 2. The number of hydrazine groups is 1. The highest BCUT2D eigenvalue weighted by Crippen LogP contribution is 2.29. The van der Waals surface area contributed by atoms with Crippen LogP contribution >= 0.6 is 11.6 Å². The van der Waals surface area contributed by atoms with Gasteiger partial charge in [-0.15, -0.1) is 0 Å². The fourth-order valence-corrected chi connectivity index (χ4v) is 4.80. The number of sulfonamides is 1. The minimum atomic E-state index is -4.44. The molecule has 2 rings (SSSR count). The topological polar surface area (TPSA) is 144 Å². The molecule has 2 atom stereocenters. The summed E-state index contributed by atoms with van der Waals surface area (Å²) in [7, 11) is -4.44. The van der Waals surface area contributed by atoms with Crippen molar-refractivity contribution < 1.29 is 22.4 Å². The Hall–Kier alpha value is -2.53. The minimum absolute atomic E-state index is 0.102. The van der Waals surface area contributed by atoms with Crippen LogP contribution in [0.5, 0.6) is 0 Å². The first-order valence-corrected chi connectivity index (χ1v) is 10.6. The summed E-state index contributed by atoms with van der Waals surface area (Å²) in [4.78, 5) is 23.6. The number of hydrogen-bond donors (Lipinski definition) is 4. The van der Waals surface area contributed by atoms with E-state index >= 15 is 0 Å². The zero-order valence-corrected chi connectivity index (χ0v) is 18.1. The van der Waals surface area contributed by atoms with Crippen LogP contribution in [-0.2, 0) is 14.8 Å². The van der Waals surface area contributed by atoms with Crippen molar-refractivity contribution in [2.75, 3.05) is 0 Å². The number of aryl methyl sites for hydroxylation is 1. The molecule has 0 aliphatic heterocycles. The Morgan fingerprint density at radius 2 is 1.80 bits per heavy atom. The lowest BCUT2D eigenvalue weighted by molar-refractivity contribution is -0.123. The lowest BCUT2D eigenvalue weighted by atomic mass is 9.88. The number of carbonyl (C=O) groups excluding carboxylic acids is 2. The maximum atomic E-state index is 14.6. The molecule has 30 heavy (non-hydrogen) atoms. The van der Waals surface area contributed by atoms with Gasteiger partial charge in [0.1, 0.15) is 11.9 Å². The van der Waals surface area contributed by atoms with E-state index in [1.165, 1.54) is 19.1 Å². The molecule has 2 amide bonds. The van der Waals surface area contributed by atoms with Gasteiger partial charge in [-0.1, -0.05) is 24.6 Å². The van der Waals surface area contributed by atoms with Gasteiger partial charge in [-0.2, -0.15) is 4.72 Å². The first-order valence-electron chi connectivity index (χ1n) is 8.78. The summed E-state index contributed by atoms with van der Waals surface area (Å²) in [6.45, 7) is 4.92. The summed E-state index contributed by atoms with van der Waals surface area (Å²) >= 11 is 5.82. The number of hydrogen-bond acceptors (Lipinski definition) is 5. The number of amides is 2. The van der Waals surface area contributed by atoms with Gasteiger partial charge in [0, 0.05) is 10.9 Å². The predicted molar refractivity (Wildman–Crippen MR) is 111 cm³/mol. The van der Waals surface area contributed by atoms with E-state index < -0.39 is 44.5 Å². The van der Waals surface area contributed by atoms with Gasteiger partial charge < -0.3 is 5.73 Å². The lowest BCUT2D eigenvalue weighted by Gasteiger charge is -2.26. The van der Waals surface area contributed by atoms with Crippen LogP contribution in [0.25, 0.3) is 0 Å². The zero-order chi connectivity index (χ0) is 22.8. The molecule has 11 heteroatoms. The zero-order valence-electron chi connectivity index (χ0n) is 16.5. The molecule has 0 aromatic heterocycles. The summed E-state index contributed by atoms with van der Waals surface area (Å²) < 4.78 is 42.8. The summed E-state index contributed by atoms with van der Waals surface area (Å²) in [6.07, 6.45) is 0. The third-order valence-corrected chi connectivity index (χ3v) is 6.63. The van der Waals surface area contributed by atoms with E-state index in [2.05, 4.69) is 4.72 Å². The molecule has 6 N–H and O–H groups in total. The Balaban J connectivity index is 2.57. The fourth-order valence-electron chi connectivity index (χ4n) is 3.16. The molecule has 2 aromatic carbocycles. The molecular formula is C19H22ClFN4O4S. The molecule has 162 valence electrons. The highest BCUT2D eigenvalue weighted by Gasteiger charge is 2.34. The number of primary amides is 1. The fraction of sp³-hybridized carbons (Fsp3) is 0.263. The van der Waals surface area contributed by atoms with Gasteiger partial charge in [-0.25, -0.2) is 18.7 Å². The largest absolute Gasteiger partial charge is 0.366 e. The smallest absolute Gasteiger partial charge is 0.252 e. The molecular weight excluding hydrogens is 435 g/mol. The molecule has 0 radical (unpaired) electrons. The molecule has 0 saturated heterocycles. The molecule has 0 spiro atoms. The van der Waals surface area contributed by atoms with Crippen LogP contribution in [0.3, 0.4) is 0 Å². The second kappa shape index (κ2) is 9.09. The maximum Gasteiger partial charge on any atom is 0.252 e. The van der Waals surface area contributed by atoms with Gasteiger partial charge in [-0.05, 0) is 54.8 Å². The van der Waals surface area contributed by atoms with Crippen LogP contribution in [0, 0.1) is 19.7 Å². The summed E-state index contributed by atoms with van der Waals surface area (Å²) in [6, 6.07) is 4.79. The molecule has 0 saturated carbocycles. The maximum absolute atomic E-state index is 14.6. The Kier molecular flexibility index (Phi) is 7.19. The Morgan fingerprint density at radius 3 is 2.37 bits per heavy atom. The van der Waals surface area contributed by atoms with Gasteiger partial charge in [-0.3, -0.25) is 15.0 Å². The molecule has 0 bridgehead atoms. The number of halogens is 2. The van der Waals surface area contributed by atoms with Gasteiger partial charge in [0.05, 0.1) is 10.5 Å². The normalized spacial score (nSPS) is 13.5. The van der Waals surface area contributed by atoms with Gasteiger partial charge >= 0.3 is 0 Å². The molecule has 2 aromatic rings. The van der Waals surface area contributed by atoms with Gasteiger partial charge in [0.25, 0.3) is 5.91 Å². The number of carbonyl (C=O) groups is 2. The van der Waals surface area contributed by atoms with Crippen molar-refractivity contribution in [2.24, 2.45) is 11.6 Å². The Bertz CT molecular complexity index is 1110. The van der Waals surface area contributed by atoms with E-state index in [1.54, 1.807) is 19.9 Å². The quantitative estimate of drug-likeness (QED) is 0.284. The highest BCUT2D eigenvalue weighted by atomic mass is 35.5. The number of nitrogens with two attached hydrogens (primary N) is 2. The molecule has 2 unspecified atom stereocenters. The average molecular weight is 457 g/mol. The summed E-state index contributed by atoms with van der Waals surface area (Å²) in [5, 5.41) is 0.102. The second-order valence-electron chi connectivity index (χ2n) is 6.80. The monoisotopic (exact) mass is 456 g/mol. The number of nitrogens with one attached hydrogen (secondary N) is 2. The van der Waals surface area contributed by atoms with Crippen LogP contribution in [-0.4, -0.2) is 26.3 Å². The van der Waals surface area contributed by atoms with Crippen LogP contribution in [0.15, 0.2) is 35.2 Å². The van der Waals surface area contributed by atoms with Crippen molar-refractivity contribution in [3.8, 4) is 0 Å². The van der Waals surface area contributed by atoms with E-state index in [0.29, 0.717) is 5.56 Å². The summed E-state index contributed by atoms with van der Waals surface area (Å²) in [5.41, 5.74) is 8.30. The first kappa shape index (κ1) is 23.7. The van der Waals surface area contributed by atoms with Crippen LogP contribution in [0.1, 0.15) is 39.9 Å². The van der Waals surface area contributed by atoms with Crippen LogP contribution in [0.2, 0.25) is 5.02 Å². The van der Waals surface area contributed by atoms with Gasteiger partial charge in [0.2, 0.25) is 15.9 Å². The van der Waals surface area contributed by atoms with E-state index in [9.17, 15) is 22.4 Å². The van der Waals surface area contributed by atoms with E-state index in [1.807, 2.05) is 5.43 Å². The number of rotatable bonds is 7. The first-order chi connectivity index (χ1) is 13.9. The molecule has 0 aliphatic carbocycles. The van der Waals surface area contributed by atoms with Crippen molar-refractivity contribution in [1.29, 1.82) is 0 Å². The second-order valence-corrected chi connectivity index (χ2v) is 8.92. The molecule has 0 heterocycles. The predicted octanol–water partition coefficient (Wildman–Crippen LogP) is 1.64. The SMILES string of the molecule is Cc1ccc(F)c(C(C)C(NS(=O)(=O)c2ccc(Cl)cc2C(N)=O)C(=O)NN)c1C.